The van der Waals surface area contributed by atoms with E-state index in [0.717, 1.165) is 31.1 Å². The van der Waals surface area contributed by atoms with Gasteiger partial charge in [0.2, 0.25) is 17.8 Å². The number of aromatic nitrogens is 2. The highest BCUT2D eigenvalue weighted by atomic mass is 16.5. The molecule has 1 aromatic carbocycles. The van der Waals surface area contributed by atoms with Gasteiger partial charge in [-0.1, -0.05) is 0 Å². The fraction of sp³-hybridized carbons (Fsp3) is 0.333. The molecule has 0 spiro atoms. The molecule has 1 unspecified atom stereocenters. The second-order valence-corrected chi connectivity index (χ2v) is 7.71. The van der Waals surface area contributed by atoms with Crippen LogP contribution in [0.1, 0.15) is 33.6 Å². The van der Waals surface area contributed by atoms with Crippen LogP contribution in [-0.4, -0.2) is 70.7 Å². The molecule has 3 aliphatic rings. The number of rotatable bonds is 4. The van der Waals surface area contributed by atoms with Crippen molar-refractivity contribution >= 4 is 29.6 Å². The minimum absolute atomic E-state index is 0.0715. The lowest BCUT2D eigenvalue weighted by Gasteiger charge is -2.27. The van der Waals surface area contributed by atoms with Crippen LogP contribution in [0.5, 0.6) is 11.5 Å². The quantitative estimate of drug-likeness (QED) is 0.639. The van der Waals surface area contributed by atoms with Crippen molar-refractivity contribution in [2.45, 2.75) is 18.9 Å². The second-order valence-electron chi connectivity index (χ2n) is 7.71. The zero-order valence-corrected chi connectivity index (χ0v) is 17.0. The highest BCUT2D eigenvalue weighted by molar-refractivity contribution is 6.23. The fourth-order valence-electron chi connectivity index (χ4n) is 4.04. The van der Waals surface area contributed by atoms with E-state index >= 15 is 0 Å². The molecule has 11 heteroatoms. The van der Waals surface area contributed by atoms with Gasteiger partial charge in [0, 0.05) is 32.6 Å². The van der Waals surface area contributed by atoms with Gasteiger partial charge in [-0.2, -0.15) is 0 Å². The first-order chi connectivity index (χ1) is 15.5. The molecule has 4 amide bonds. The SMILES string of the molecule is O=C1CCC(N2C(=O)c3ccc(Oc4cnc(N5CCNCC5)nc4)cc3C2=O)C(=O)N1. The van der Waals surface area contributed by atoms with Crippen LogP contribution in [-0.2, 0) is 9.59 Å². The topological polar surface area (TPSA) is 134 Å². The lowest BCUT2D eigenvalue weighted by molar-refractivity contribution is -0.136. The summed E-state index contributed by atoms with van der Waals surface area (Å²) in [4.78, 5) is 60.9. The largest absolute Gasteiger partial charge is 0.454 e. The number of piperazine rings is 1. The first kappa shape index (κ1) is 20.1. The third-order valence-electron chi connectivity index (χ3n) is 5.66. The van der Waals surface area contributed by atoms with Gasteiger partial charge in [0.1, 0.15) is 11.8 Å². The van der Waals surface area contributed by atoms with E-state index < -0.39 is 29.7 Å². The number of piperidine rings is 1. The van der Waals surface area contributed by atoms with Crippen LogP contribution < -0.4 is 20.3 Å². The highest BCUT2D eigenvalue weighted by Gasteiger charge is 2.44. The van der Waals surface area contributed by atoms with Crippen molar-refractivity contribution in [3.8, 4) is 11.5 Å². The maximum Gasteiger partial charge on any atom is 0.262 e. The Kier molecular flexibility index (Phi) is 5.02. The molecule has 164 valence electrons. The van der Waals surface area contributed by atoms with Crippen LogP contribution in [0.15, 0.2) is 30.6 Å². The number of fused-ring (bicyclic) bond motifs is 1. The Morgan fingerprint density at radius 3 is 2.38 bits per heavy atom. The van der Waals surface area contributed by atoms with Crippen molar-refractivity contribution in [2.75, 3.05) is 31.1 Å². The lowest BCUT2D eigenvalue weighted by Crippen LogP contribution is -2.54. The molecule has 0 saturated carbocycles. The fourth-order valence-corrected chi connectivity index (χ4v) is 4.04. The van der Waals surface area contributed by atoms with Crippen molar-refractivity contribution in [1.29, 1.82) is 0 Å². The molecule has 1 aromatic heterocycles. The molecule has 2 N–H and O–H groups in total. The van der Waals surface area contributed by atoms with Gasteiger partial charge < -0.3 is 15.0 Å². The molecule has 3 aliphatic heterocycles. The van der Waals surface area contributed by atoms with E-state index in [2.05, 4.69) is 25.5 Å². The van der Waals surface area contributed by atoms with Crippen LogP contribution in [0.25, 0.3) is 0 Å². The lowest BCUT2D eigenvalue weighted by atomic mass is 10.0. The van der Waals surface area contributed by atoms with E-state index in [9.17, 15) is 19.2 Å². The maximum atomic E-state index is 12.9. The number of imide groups is 2. The summed E-state index contributed by atoms with van der Waals surface area (Å²) in [6.07, 6.45) is 3.29. The summed E-state index contributed by atoms with van der Waals surface area (Å²) in [5.74, 6) is -0.854. The third kappa shape index (κ3) is 3.56. The van der Waals surface area contributed by atoms with Crippen LogP contribution >= 0.6 is 0 Å². The van der Waals surface area contributed by atoms with Gasteiger partial charge in [0.05, 0.1) is 23.5 Å². The monoisotopic (exact) mass is 436 g/mol. The summed E-state index contributed by atoms with van der Waals surface area (Å²) in [5.41, 5.74) is 0.341. The van der Waals surface area contributed by atoms with Crippen molar-refractivity contribution in [2.24, 2.45) is 0 Å². The number of hydrogen-bond acceptors (Lipinski definition) is 9. The average molecular weight is 436 g/mol. The molecular formula is C21H20N6O5. The van der Waals surface area contributed by atoms with Crippen molar-refractivity contribution in [3.05, 3.63) is 41.7 Å². The molecule has 2 aromatic rings. The predicted molar refractivity (Wildman–Crippen MR) is 110 cm³/mol. The van der Waals surface area contributed by atoms with E-state index in [0.29, 0.717) is 17.4 Å². The zero-order valence-electron chi connectivity index (χ0n) is 17.0. The minimum atomic E-state index is -1.00. The van der Waals surface area contributed by atoms with Gasteiger partial charge in [-0.05, 0) is 24.6 Å². The smallest absolute Gasteiger partial charge is 0.262 e. The molecule has 11 nitrogen and oxygen atoms in total. The molecule has 5 rings (SSSR count). The molecule has 2 saturated heterocycles. The number of nitrogens with zero attached hydrogens (tertiary/aromatic N) is 4. The molecule has 1 atom stereocenters. The molecular weight excluding hydrogens is 416 g/mol. The summed E-state index contributed by atoms with van der Waals surface area (Å²) in [6.45, 7) is 3.40. The molecule has 32 heavy (non-hydrogen) atoms. The number of nitrogens with one attached hydrogen (secondary N) is 2. The van der Waals surface area contributed by atoms with Crippen molar-refractivity contribution in [1.82, 2.24) is 25.5 Å². The van der Waals surface area contributed by atoms with Gasteiger partial charge in [-0.15, -0.1) is 0 Å². The summed E-state index contributed by atoms with van der Waals surface area (Å²) >= 11 is 0. The highest BCUT2D eigenvalue weighted by Crippen LogP contribution is 2.31. The van der Waals surface area contributed by atoms with Crippen molar-refractivity contribution < 1.29 is 23.9 Å². The third-order valence-corrected chi connectivity index (χ3v) is 5.66. The molecule has 0 bridgehead atoms. The van der Waals surface area contributed by atoms with E-state index in [-0.39, 0.29) is 24.0 Å². The summed E-state index contributed by atoms with van der Waals surface area (Å²) in [5, 5.41) is 5.45. The number of hydrogen-bond donors (Lipinski definition) is 2. The first-order valence-corrected chi connectivity index (χ1v) is 10.3. The maximum absolute atomic E-state index is 12.9. The van der Waals surface area contributed by atoms with Crippen LogP contribution in [0.3, 0.4) is 0 Å². The number of benzene rings is 1. The second kappa shape index (κ2) is 8.00. The first-order valence-electron chi connectivity index (χ1n) is 10.3. The van der Waals surface area contributed by atoms with Gasteiger partial charge in [0.15, 0.2) is 5.75 Å². The Labute approximate surface area is 182 Å². The number of ether oxygens (including phenoxy) is 1. The van der Waals surface area contributed by atoms with Gasteiger partial charge in [0.25, 0.3) is 11.8 Å². The zero-order chi connectivity index (χ0) is 22.2. The Bertz CT molecular complexity index is 1110. The van der Waals surface area contributed by atoms with Gasteiger partial charge in [-0.3, -0.25) is 29.4 Å². The van der Waals surface area contributed by atoms with Gasteiger partial charge >= 0.3 is 0 Å². The average Bonchev–Trinajstić information content (AvgIpc) is 3.05. The Balaban J connectivity index is 1.32. The number of carbonyl (C=O) groups excluding carboxylic acids is 4. The van der Waals surface area contributed by atoms with Crippen LogP contribution in [0.4, 0.5) is 5.95 Å². The number of amides is 4. The van der Waals surface area contributed by atoms with E-state index in [1.807, 2.05) is 0 Å². The molecule has 0 radical (unpaired) electrons. The molecule has 2 fully saturated rings. The summed E-state index contributed by atoms with van der Waals surface area (Å²) in [7, 11) is 0. The Morgan fingerprint density at radius 1 is 0.938 bits per heavy atom. The van der Waals surface area contributed by atoms with E-state index in [1.54, 1.807) is 18.5 Å². The standard InChI is InChI=1S/C21H20N6O5/c28-17-4-3-16(18(29)25-17)27-19(30)14-2-1-12(9-15(14)20(27)31)32-13-10-23-21(24-11-13)26-7-5-22-6-8-26/h1-2,9-11,16,22H,3-8H2,(H,25,28,29). The van der Waals surface area contributed by atoms with Crippen LogP contribution in [0, 0.1) is 0 Å². The number of carbonyl (C=O) groups is 4. The molecule has 0 aliphatic carbocycles. The van der Waals surface area contributed by atoms with Crippen LogP contribution in [0.2, 0.25) is 0 Å². The Morgan fingerprint density at radius 2 is 1.66 bits per heavy atom. The number of anilines is 1. The Hall–Kier alpha value is -3.86. The minimum Gasteiger partial charge on any atom is -0.454 e. The molecule has 4 heterocycles. The van der Waals surface area contributed by atoms with Crippen molar-refractivity contribution in [3.63, 3.8) is 0 Å². The summed E-state index contributed by atoms with van der Waals surface area (Å²) in [6, 6.07) is 3.52. The predicted octanol–water partition coefficient (Wildman–Crippen LogP) is 0.0797. The summed E-state index contributed by atoms with van der Waals surface area (Å²) < 4.78 is 5.78. The van der Waals surface area contributed by atoms with Gasteiger partial charge in [-0.25, -0.2) is 9.97 Å². The van der Waals surface area contributed by atoms with E-state index in [4.69, 9.17) is 4.74 Å². The van der Waals surface area contributed by atoms with E-state index in [1.165, 1.54) is 12.1 Å². The normalized spacial score (nSPS) is 20.9.